The third kappa shape index (κ3) is 8.55. The summed E-state index contributed by atoms with van der Waals surface area (Å²) < 4.78 is 11.0. The van der Waals surface area contributed by atoms with Gasteiger partial charge in [-0.25, -0.2) is 0 Å². The SMILES string of the molecule is CC(C)CC(=O)Nc1ccc(C(=O)N[C@@H](C)C(=O)N2CCC[C@H]2C(=O)NC2CC(=O)OC2OCc2ccccc2)cc1Cl. The van der Waals surface area contributed by atoms with Gasteiger partial charge in [0.05, 0.1) is 23.7 Å². The summed E-state index contributed by atoms with van der Waals surface area (Å²) >= 11 is 6.30. The van der Waals surface area contributed by atoms with Crippen molar-refractivity contribution in [1.82, 2.24) is 15.5 Å². The molecule has 2 saturated heterocycles. The van der Waals surface area contributed by atoms with Gasteiger partial charge >= 0.3 is 5.97 Å². The number of likely N-dealkylation sites (tertiary alicyclic amines) is 1. The molecule has 11 nitrogen and oxygen atoms in total. The fraction of sp³-hybridized carbons (Fsp3) is 0.452. The number of ether oxygens (including phenoxy) is 2. The lowest BCUT2D eigenvalue weighted by Crippen LogP contribution is -2.54. The zero-order chi connectivity index (χ0) is 31.1. The first kappa shape index (κ1) is 32.0. The summed E-state index contributed by atoms with van der Waals surface area (Å²) in [6.45, 7) is 5.96. The van der Waals surface area contributed by atoms with Gasteiger partial charge in [0.1, 0.15) is 18.1 Å². The minimum absolute atomic E-state index is 0.0406. The molecular formula is C31H37ClN4O7. The molecule has 0 radical (unpaired) electrons. The van der Waals surface area contributed by atoms with E-state index in [0.29, 0.717) is 31.5 Å². The summed E-state index contributed by atoms with van der Waals surface area (Å²) in [5.41, 5.74) is 1.50. The van der Waals surface area contributed by atoms with Crippen molar-refractivity contribution in [1.29, 1.82) is 0 Å². The molecule has 2 heterocycles. The van der Waals surface area contributed by atoms with Crippen molar-refractivity contribution in [3.8, 4) is 0 Å². The number of carbonyl (C=O) groups excluding carboxylic acids is 5. The number of benzene rings is 2. The van der Waals surface area contributed by atoms with Crippen LogP contribution in [-0.2, 0) is 35.3 Å². The first-order chi connectivity index (χ1) is 20.5. The predicted molar refractivity (Wildman–Crippen MR) is 159 cm³/mol. The monoisotopic (exact) mass is 612 g/mol. The first-order valence-corrected chi connectivity index (χ1v) is 14.8. The molecule has 4 atom stereocenters. The molecule has 4 amide bonds. The molecule has 0 bridgehead atoms. The zero-order valence-corrected chi connectivity index (χ0v) is 25.2. The van der Waals surface area contributed by atoms with Crippen molar-refractivity contribution < 1.29 is 33.4 Å². The van der Waals surface area contributed by atoms with E-state index in [1.165, 1.54) is 23.1 Å². The standard InChI is InChI=1S/C31H37ClN4O7/c1-18(2)14-26(37)34-23-12-11-21(15-22(23)32)28(39)33-19(3)30(41)36-13-7-10-25(36)29(40)35-24-16-27(38)43-31(24)42-17-20-8-5-4-6-9-20/h4-6,8-9,11-12,15,18-19,24-25,31H,7,10,13-14,16-17H2,1-3H3,(H,33,39)(H,34,37)(H,35,40)/t19-,24?,25-,31?/m0/s1. The second-order valence-electron chi connectivity index (χ2n) is 11.2. The van der Waals surface area contributed by atoms with Crippen molar-refractivity contribution in [3.05, 3.63) is 64.7 Å². The largest absolute Gasteiger partial charge is 0.433 e. The number of carbonyl (C=O) groups is 5. The van der Waals surface area contributed by atoms with Gasteiger partial charge < -0.3 is 30.3 Å². The number of hydrogen-bond donors (Lipinski definition) is 3. The van der Waals surface area contributed by atoms with E-state index in [1.54, 1.807) is 6.92 Å². The van der Waals surface area contributed by atoms with Gasteiger partial charge in [0.2, 0.25) is 24.0 Å². The Bertz CT molecular complexity index is 1350. The maximum absolute atomic E-state index is 13.3. The summed E-state index contributed by atoms with van der Waals surface area (Å²) in [5, 5.41) is 8.42. The average molecular weight is 613 g/mol. The Morgan fingerprint density at radius 3 is 2.53 bits per heavy atom. The van der Waals surface area contributed by atoms with Crippen LogP contribution in [0.2, 0.25) is 5.02 Å². The highest BCUT2D eigenvalue weighted by Gasteiger charge is 2.41. The zero-order valence-electron chi connectivity index (χ0n) is 24.4. The van der Waals surface area contributed by atoms with Gasteiger partial charge in [-0.15, -0.1) is 0 Å². The fourth-order valence-electron chi connectivity index (χ4n) is 5.06. The third-order valence-corrected chi connectivity index (χ3v) is 7.52. The predicted octanol–water partition coefficient (Wildman–Crippen LogP) is 3.41. The summed E-state index contributed by atoms with van der Waals surface area (Å²) in [7, 11) is 0. The highest BCUT2D eigenvalue weighted by Crippen LogP contribution is 2.25. The number of rotatable bonds is 11. The van der Waals surface area contributed by atoms with Gasteiger partial charge in [-0.1, -0.05) is 55.8 Å². The van der Waals surface area contributed by atoms with Crippen LogP contribution in [0.15, 0.2) is 48.5 Å². The van der Waals surface area contributed by atoms with Crippen LogP contribution in [-0.4, -0.2) is 65.5 Å². The van der Waals surface area contributed by atoms with Crippen molar-refractivity contribution in [3.63, 3.8) is 0 Å². The number of halogens is 1. The van der Waals surface area contributed by atoms with Gasteiger partial charge in [-0.05, 0) is 49.4 Å². The third-order valence-electron chi connectivity index (χ3n) is 7.20. The van der Waals surface area contributed by atoms with Gasteiger partial charge in [-0.2, -0.15) is 0 Å². The molecule has 12 heteroatoms. The number of hydrogen-bond acceptors (Lipinski definition) is 7. The second-order valence-corrected chi connectivity index (χ2v) is 11.6. The van der Waals surface area contributed by atoms with Crippen LogP contribution < -0.4 is 16.0 Å². The van der Waals surface area contributed by atoms with Crippen molar-refractivity contribution in [2.75, 3.05) is 11.9 Å². The summed E-state index contributed by atoms with van der Waals surface area (Å²) in [4.78, 5) is 65.0. The quantitative estimate of drug-likeness (QED) is 0.330. The fourth-order valence-corrected chi connectivity index (χ4v) is 5.29. The van der Waals surface area contributed by atoms with Crippen LogP contribution in [0.1, 0.15) is 62.4 Å². The summed E-state index contributed by atoms with van der Waals surface area (Å²) in [6.07, 6.45) is 0.402. The highest BCUT2D eigenvalue weighted by atomic mass is 35.5. The minimum atomic E-state index is -0.942. The molecule has 43 heavy (non-hydrogen) atoms. The van der Waals surface area contributed by atoms with Crippen molar-refractivity contribution in [2.45, 2.75) is 77.5 Å². The summed E-state index contributed by atoms with van der Waals surface area (Å²) in [6, 6.07) is 11.5. The van der Waals surface area contributed by atoms with Crippen molar-refractivity contribution >= 4 is 46.9 Å². The lowest BCUT2D eigenvalue weighted by molar-refractivity contribution is -0.168. The Labute approximate surface area is 255 Å². The molecule has 2 fully saturated rings. The molecular weight excluding hydrogens is 576 g/mol. The number of amides is 4. The van der Waals surface area contributed by atoms with E-state index >= 15 is 0 Å². The lowest BCUT2D eigenvalue weighted by Gasteiger charge is -2.28. The van der Waals surface area contributed by atoms with E-state index in [0.717, 1.165) is 5.56 Å². The van der Waals surface area contributed by atoms with Crippen molar-refractivity contribution in [2.24, 2.45) is 5.92 Å². The number of nitrogens with one attached hydrogen (secondary N) is 3. The molecule has 3 N–H and O–H groups in total. The van der Waals surface area contributed by atoms with Gasteiger partial charge in [0, 0.05) is 18.5 Å². The van der Waals surface area contributed by atoms with Crippen LogP contribution >= 0.6 is 11.6 Å². The lowest BCUT2D eigenvalue weighted by atomic mass is 10.1. The van der Waals surface area contributed by atoms with E-state index in [1.807, 2.05) is 44.2 Å². The molecule has 2 unspecified atom stereocenters. The molecule has 0 aliphatic carbocycles. The molecule has 2 aliphatic rings. The molecule has 230 valence electrons. The minimum Gasteiger partial charge on any atom is -0.433 e. The van der Waals surface area contributed by atoms with Crippen LogP contribution in [0.25, 0.3) is 0 Å². The van der Waals surface area contributed by atoms with Crippen LogP contribution in [0.5, 0.6) is 0 Å². The van der Waals surface area contributed by atoms with Gasteiger partial charge in [-0.3, -0.25) is 24.0 Å². The second kappa shape index (κ2) is 14.5. The Hall–Kier alpha value is -3.96. The highest BCUT2D eigenvalue weighted by molar-refractivity contribution is 6.34. The maximum atomic E-state index is 13.3. The van der Waals surface area contributed by atoms with E-state index in [2.05, 4.69) is 16.0 Å². The average Bonchev–Trinajstić information content (AvgIpc) is 3.59. The van der Waals surface area contributed by atoms with E-state index in [9.17, 15) is 24.0 Å². The van der Waals surface area contributed by atoms with Crippen LogP contribution in [0.3, 0.4) is 0 Å². The molecule has 0 aromatic heterocycles. The molecule has 2 aromatic carbocycles. The number of nitrogens with zero attached hydrogens (tertiary/aromatic N) is 1. The van der Waals surface area contributed by atoms with E-state index in [-0.39, 0.29) is 35.4 Å². The van der Waals surface area contributed by atoms with E-state index in [4.69, 9.17) is 21.1 Å². The summed E-state index contributed by atoms with van der Waals surface area (Å²) in [5.74, 6) is -1.83. The smallest absolute Gasteiger partial charge is 0.310 e. The van der Waals surface area contributed by atoms with Gasteiger partial charge in [0.15, 0.2) is 0 Å². The Kier molecular flexibility index (Phi) is 10.8. The Morgan fingerprint density at radius 1 is 1.09 bits per heavy atom. The molecule has 0 spiro atoms. The van der Waals surface area contributed by atoms with Gasteiger partial charge in [0.25, 0.3) is 5.91 Å². The Morgan fingerprint density at radius 2 is 1.84 bits per heavy atom. The number of cyclic esters (lactones) is 1. The first-order valence-electron chi connectivity index (χ1n) is 14.4. The maximum Gasteiger partial charge on any atom is 0.310 e. The molecule has 0 saturated carbocycles. The van der Waals surface area contributed by atoms with E-state index < -0.39 is 48.1 Å². The topological polar surface area (TPSA) is 143 Å². The normalized spacial score (nSPS) is 20.4. The molecule has 2 aliphatic heterocycles. The number of anilines is 1. The molecule has 4 rings (SSSR count). The number of esters is 1. The van der Waals surface area contributed by atoms with Crippen LogP contribution in [0, 0.1) is 5.92 Å². The van der Waals surface area contributed by atoms with Crippen LogP contribution in [0.4, 0.5) is 5.69 Å². The molecule has 2 aromatic rings. The Balaban J connectivity index is 1.32.